The fraction of sp³-hybridized carbons (Fsp3) is 0.118. The monoisotopic (exact) mass is 347 g/mol. The van der Waals surface area contributed by atoms with E-state index in [9.17, 15) is 13.2 Å². The van der Waals surface area contributed by atoms with Crippen molar-refractivity contribution >= 4 is 11.8 Å². The average Bonchev–Trinajstić information content (AvgIpc) is 2.61. The van der Waals surface area contributed by atoms with E-state index in [2.05, 4.69) is 15.0 Å². The summed E-state index contributed by atoms with van der Waals surface area (Å²) in [5.74, 6) is 0.448. The van der Waals surface area contributed by atoms with E-state index >= 15 is 0 Å². The Morgan fingerprint density at radius 1 is 0.958 bits per heavy atom. The fourth-order valence-corrected chi connectivity index (χ4v) is 2.82. The molecule has 0 bridgehead atoms. The third-order valence-corrected chi connectivity index (χ3v) is 4.07. The Bertz CT molecular complexity index is 808. The molecule has 0 aliphatic heterocycles. The lowest BCUT2D eigenvalue weighted by Crippen LogP contribution is -2.10. The Morgan fingerprint density at radius 3 is 2.42 bits per heavy atom. The van der Waals surface area contributed by atoms with E-state index in [0.717, 1.165) is 23.4 Å². The molecule has 24 heavy (non-hydrogen) atoms. The zero-order valence-electron chi connectivity index (χ0n) is 12.4. The van der Waals surface area contributed by atoms with E-state index in [0.29, 0.717) is 11.3 Å². The third kappa shape index (κ3) is 4.11. The van der Waals surface area contributed by atoms with Gasteiger partial charge in [-0.3, -0.25) is 4.98 Å². The van der Waals surface area contributed by atoms with Crippen LogP contribution in [-0.2, 0) is 11.9 Å². The SMILES string of the molecule is FC(F)(F)c1cc(-c2ccccc2)nc(SCc2cccnc2)n1. The van der Waals surface area contributed by atoms with E-state index in [1.807, 2.05) is 6.07 Å². The van der Waals surface area contributed by atoms with Gasteiger partial charge in [-0.05, 0) is 17.7 Å². The summed E-state index contributed by atoms with van der Waals surface area (Å²) < 4.78 is 39.4. The van der Waals surface area contributed by atoms with Crippen LogP contribution in [0.5, 0.6) is 0 Å². The summed E-state index contributed by atoms with van der Waals surface area (Å²) in [4.78, 5) is 11.9. The smallest absolute Gasteiger partial charge is 0.264 e. The molecule has 3 aromatic rings. The third-order valence-electron chi connectivity index (χ3n) is 3.16. The lowest BCUT2D eigenvalue weighted by molar-refractivity contribution is -0.141. The first-order chi connectivity index (χ1) is 11.5. The second kappa shape index (κ2) is 7.00. The van der Waals surface area contributed by atoms with Crippen molar-refractivity contribution in [3.05, 3.63) is 72.2 Å². The molecule has 0 radical (unpaired) electrons. The van der Waals surface area contributed by atoms with Crippen LogP contribution in [0.25, 0.3) is 11.3 Å². The second-order valence-electron chi connectivity index (χ2n) is 4.93. The first-order valence-electron chi connectivity index (χ1n) is 7.06. The number of benzene rings is 1. The minimum absolute atomic E-state index is 0.0903. The van der Waals surface area contributed by atoms with Gasteiger partial charge in [0.1, 0.15) is 5.69 Å². The van der Waals surface area contributed by atoms with Crippen molar-refractivity contribution < 1.29 is 13.2 Å². The number of hydrogen-bond acceptors (Lipinski definition) is 4. The Kier molecular flexibility index (Phi) is 4.80. The van der Waals surface area contributed by atoms with Gasteiger partial charge in [-0.1, -0.05) is 48.2 Å². The number of hydrogen-bond donors (Lipinski definition) is 0. The molecule has 0 unspecified atom stereocenters. The van der Waals surface area contributed by atoms with Crippen LogP contribution in [0.3, 0.4) is 0 Å². The molecule has 7 heteroatoms. The highest BCUT2D eigenvalue weighted by Gasteiger charge is 2.33. The van der Waals surface area contributed by atoms with Gasteiger partial charge < -0.3 is 0 Å². The molecule has 0 saturated carbocycles. The molecule has 0 aliphatic carbocycles. The lowest BCUT2D eigenvalue weighted by Gasteiger charge is -2.10. The topological polar surface area (TPSA) is 38.7 Å². The van der Waals surface area contributed by atoms with Crippen molar-refractivity contribution in [1.82, 2.24) is 15.0 Å². The van der Waals surface area contributed by atoms with E-state index in [-0.39, 0.29) is 10.9 Å². The number of alkyl halides is 3. The first-order valence-corrected chi connectivity index (χ1v) is 8.04. The molecular formula is C17H12F3N3S. The number of nitrogens with zero attached hydrogens (tertiary/aromatic N) is 3. The lowest BCUT2D eigenvalue weighted by atomic mass is 10.1. The molecule has 0 fully saturated rings. The predicted octanol–water partition coefficient (Wildman–Crippen LogP) is 4.85. The van der Waals surface area contributed by atoms with Crippen molar-refractivity contribution in [1.29, 1.82) is 0 Å². The van der Waals surface area contributed by atoms with Crippen molar-refractivity contribution in [2.75, 3.05) is 0 Å². The summed E-state index contributed by atoms with van der Waals surface area (Å²) in [6.07, 6.45) is -1.21. The Hall–Kier alpha value is -2.41. The van der Waals surface area contributed by atoms with Gasteiger partial charge in [-0.15, -0.1) is 0 Å². The molecule has 0 atom stereocenters. The highest BCUT2D eigenvalue weighted by atomic mass is 32.2. The molecule has 2 heterocycles. The van der Waals surface area contributed by atoms with E-state index in [1.165, 1.54) is 0 Å². The van der Waals surface area contributed by atoms with Gasteiger partial charge in [-0.25, -0.2) is 9.97 Å². The molecule has 0 amide bonds. The summed E-state index contributed by atoms with van der Waals surface area (Å²) in [5.41, 5.74) is 0.829. The molecule has 0 saturated heterocycles. The van der Waals surface area contributed by atoms with Crippen LogP contribution in [0, 0.1) is 0 Å². The van der Waals surface area contributed by atoms with Crippen LogP contribution >= 0.6 is 11.8 Å². The molecule has 0 spiro atoms. The highest BCUT2D eigenvalue weighted by molar-refractivity contribution is 7.98. The Morgan fingerprint density at radius 2 is 1.75 bits per heavy atom. The van der Waals surface area contributed by atoms with Crippen molar-refractivity contribution in [3.63, 3.8) is 0 Å². The van der Waals surface area contributed by atoms with Crippen LogP contribution in [-0.4, -0.2) is 15.0 Å². The van der Waals surface area contributed by atoms with Gasteiger partial charge in [0.25, 0.3) is 0 Å². The summed E-state index contributed by atoms with van der Waals surface area (Å²) in [6.45, 7) is 0. The molecule has 0 aliphatic rings. The van der Waals surface area contributed by atoms with Gasteiger partial charge in [0.15, 0.2) is 5.16 Å². The summed E-state index contributed by atoms with van der Waals surface area (Å²) in [7, 11) is 0. The maximum atomic E-state index is 13.1. The quantitative estimate of drug-likeness (QED) is 0.499. The van der Waals surface area contributed by atoms with Crippen LogP contribution < -0.4 is 0 Å². The molecule has 3 rings (SSSR count). The maximum Gasteiger partial charge on any atom is 0.433 e. The Labute approximate surface area is 141 Å². The van der Waals surface area contributed by atoms with Crippen LogP contribution in [0.1, 0.15) is 11.3 Å². The average molecular weight is 347 g/mol. The van der Waals surface area contributed by atoms with Crippen LogP contribution in [0.2, 0.25) is 0 Å². The first kappa shape index (κ1) is 16.4. The van der Waals surface area contributed by atoms with Crippen molar-refractivity contribution in [2.45, 2.75) is 17.1 Å². The highest BCUT2D eigenvalue weighted by Crippen LogP contribution is 2.32. The zero-order valence-corrected chi connectivity index (χ0v) is 13.2. The van der Waals surface area contributed by atoms with Gasteiger partial charge in [0.05, 0.1) is 5.69 Å². The van der Waals surface area contributed by atoms with Gasteiger partial charge >= 0.3 is 6.18 Å². The number of thioether (sulfide) groups is 1. The number of rotatable bonds is 4. The second-order valence-corrected chi connectivity index (χ2v) is 5.88. The van der Waals surface area contributed by atoms with Gasteiger partial charge in [0.2, 0.25) is 0 Å². The summed E-state index contributed by atoms with van der Waals surface area (Å²) in [6, 6.07) is 13.4. The standard InChI is InChI=1S/C17H12F3N3S/c18-17(19,20)15-9-14(13-6-2-1-3-7-13)22-16(23-15)24-11-12-5-4-8-21-10-12/h1-10H,11H2. The molecule has 3 nitrogen and oxygen atoms in total. The van der Waals surface area contributed by atoms with E-state index in [1.54, 1.807) is 48.8 Å². The van der Waals surface area contributed by atoms with Crippen LogP contribution in [0.15, 0.2) is 66.1 Å². The molecule has 122 valence electrons. The number of halogens is 3. The Balaban J connectivity index is 1.93. The minimum atomic E-state index is -4.52. The molecule has 0 N–H and O–H groups in total. The van der Waals surface area contributed by atoms with Crippen molar-refractivity contribution in [3.8, 4) is 11.3 Å². The molecule has 2 aromatic heterocycles. The van der Waals surface area contributed by atoms with Gasteiger partial charge in [0, 0.05) is 23.7 Å². The maximum absolute atomic E-state index is 13.1. The summed E-state index contributed by atoms with van der Waals surface area (Å²) in [5, 5.41) is 0.0903. The van der Waals surface area contributed by atoms with E-state index < -0.39 is 11.9 Å². The van der Waals surface area contributed by atoms with E-state index in [4.69, 9.17) is 0 Å². The normalized spacial score (nSPS) is 11.5. The van der Waals surface area contributed by atoms with Gasteiger partial charge in [-0.2, -0.15) is 13.2 Å². The molecular weight excluding hydrogens is 335 g/mol. The van der Waals surface area contributed by atoms with Crippen LogP contribution in [0.4, 0.5) is 13.2 Å². The minimum Gasteiger partial charge on any atom is -0.264 e. The zero-order chi connectivity index (χ0) is 17.0. The largest absolute Gasteiger partial charge is 0.433 e. The predicted molar refractivity (Wildman–Crippen MR) is 86.3 cm³/mol. The fourth-order valence-electron chi connectivity index (χ4n) is 2.02. The molecule has 1 aromatic carbocycles. The summed E-state index contributed by atoms with van der Waals surface area (Å²) >= 11 is 1.15. The van der Waals surface area contributed by atoms with Crippen molar-refractivity contribution in [2.24, 2.45) is 0 Å². The number of aromatic nitrogens is 3. The number of pyridine rings is 1.